The van der Waals surface area contributed by atoms with Gasteiger partial charge in [0.05, 0.1) is 17.0 Å². The van der Waals surface area contributed by atoms with Crippen LogP contribution in [-0.2, 0) is 0 Å². The maximum absolute atomic E-state index is 10.9. The molecule has 16 heavy (non-hydrogen) atoms. The van der Waals surface area contributed by atoms with E-state index in [1.54, 1.807) is 6.92 Å². The predicted octanol–water partition coefficient (Wildman–Crippen LogP) is 1.56. The van der Waals surface area contributed by atoms with Gasteiger partial charge < -0.3 is 5.73 Å². The van der Waals surface area contributed by atoms with Gasteiger partial charge in [-0.15, -0.1) is 0 Å². The zero-order chi connectivity index (χ0) is 11.9. The number of rotatable bonds is 2. The fourth-order valence-electron chi connectivity index (χ4n) is 1.61. The molecule has 84 valence electrons. The van der Waals surface area contributed by atoms with Gasteiger partial charge >= 0.3 is 0 Å². The summed E-state index contributed by atoms with van der Waals surface area (Å²) in [6.45, 7) is 5.86. The van der Waals surface area contributed by atoms with Crippen LogP contribution in [0, 0.1) is 6.92 Å². The summed E-state index contributed by atoms with van der Waals surface area (Å²) in [6, 6.07) is 1.89. The summed E-state index contributed by atoms with van der Waals surface area (Å²) >= 11 is 0. The molecule has 0 fully saturated rings. The van der Waals surface area contributed by atoms with Crippen LogP contribution in [0.4, 0.5) is 5.82 Å². The van der Waals surface area contributed by atoms with Crippen LogP contribution in [0.15, 0.2) is 6.07 Å². The van der Waals surface area contributed by atoms with E-state index in [0.717, 1.165) is 5.69 Å². The van der Waals surface area contributed by atoms with E-state index in [0.29, 0.717) is 34.9 Å². The van der Waals surface area contributed by atoms with Crippen molar-refractivity contribution < 1.29 is 4.79 Å². The molecular formula is C11H14N4O. The second-order valence-electron chi connectivity index (χ2n) is 4.11. The van der Waals surface area contributed by atoms with Crippen molar-refractivity contribution in [2.45, 2.75) is 26.7 Å². The van der Waals surface area contributed by atoms with Gasteiger partial charge in [0.1, 0.15) is 5.82 Å². The highest BCUT2D eigenvalue weighted by Crippen LogP contribution is 2.19. The third-order valence-corrected chi connectivity index (χ3v) is 2.60. The van der Waals surface area contributed by atoms with E-state index in [2.05, 4.69) is 10.1 Å². The van der Waals surface area contributed by atoms with Gasteiger partial charge in [-0.2, -0.15) is 9.61 Å². The first-order valence-corrected chi connectivity index (χ1v) is 5.15. The van der Waals surface area contributed by atoms with Gasteiger partial charge in [-0.1, -0.05) is 13.8 Å². The molecule has 0 aliphatic heterocycles. The van der Waals surface area contributed by atoms with Gasteiger partial charge in [-0.05, 0) is 12.8 Å². The van der Waals surface area contributed by atoms with Gasteiger partial charge in [0.2, 0.25) is 0 Å². The molecule has 5 heteroatoms. The number of nitrogen functional groups attached to an aromatic ring is 1. The first-order valence-electron chi connectivity index (χ1n) is 5.15. The predicted molar refractivity (Wildman–Crippen MR) is 61.6 cm³/mol. The highest BCUT2D eigenvalue weighted by atomic mass is 16.1. The van der Waals surface area contributed by atoms with Crippen molar-refractivity contribution in [2.75, 3.05) is 5.73 Å². The Labute approximate surface area is 93.3 Å². The quantitative estimate of drug-likeness (QED) is 0.776. The fourth-order valence-corrected chi connectivity index (χ4v) is 1.61. The summed E-state index contributed by atoms with van der Waals surface area (Å²) in [5.74, 6) is 0.658. The standard InChI is InChI=1S/C11H14N4O/c1-6(2)9-4-10-13-7(3)8(5-16)11(12)15(10)14-9/h4-6H,12H2,1-3H3. The number of aryl methyl sites for hydroxylation is 1. The average molecular weight is 218 g/mol. The molecule has 0 spiro atoms. The summed E-state index contributed by atoms with van der Waals surface area (Å²) in [6.07, 6.45) is 0.716. The summed E-state index contributed by atoms with van der Waals surface area (Å²) in [5, 5.41) is 4.33. The fraction of sp³-hybridized carbons (Fsp3) is 0.364. The van der Waals surface area contributed by atoms with E-state index in [1.165, 1.54) is 4.52 Å². The van der Waals surface area contributed by atoms with Crippen molar-refractivity contribution in [3.63, 3.8) is 0 Å². The van der Waals surface area contributed by atoms with Crippen LogP contribution in [0.3, 0.4) is 0 Å². The largest absolute Gasteiger partial charge is 0.383 e. The minimum atomic E-state index is 0.307. The second-order valence-corrected chi connectivity index (χ2v) is 4.11. The molecule has 0 aliphatic carbocycles. The number of hydrogen-bond acceptors (Lipinski definition) is 4. The topological polar surface area (TPSA) is 73.3 Å². The molecule has 2 aromatic heterocycles. The average Bonchev–Trinajstić information content (AvgIpc) is 2.62. The van der Waals surface area contributed by atoms with E-state index >= 15 is 0 Å². The van der Waals surface area contributed by atoms with Gasteiger partial charge in [-0.25, -0.2) is 4.98 Å². The van der Waals surface area contributed by atoms with Gasteiger partial charge in [-0.3, -0.25) is 4.79 Å². The molecule has 0 radical (unpaired) electrons. The van der Waals surface area contributed by atoms with E-state index in [1.807, 2.05) is 19.9 Å². The van der Waals surface area contributed by atoms with Crippen molar-refractivity contribution in [3.8, 4) is 0 Å². The lowest BCUT2D eigenvalue weighted by Crippen LogP contribution is -2.07. The van der Waals surface area contributed by atoms with Gasteiger partial charge in [0.25, 0.3) is 0 Å². The van der Waals surface area contributed by atoms with Crippen LogP contribution in [0.2, 0.25) is 0 Å². The lowest BCUT2D eigenvalue weighted by Gasteiger charge is -2.04. The molecule has 0 saturated heterocycles. The number of fused-ring (bicyclic) bond motifs is 1. The molecule has 2 heterocycles. The number of anilines is 1. The Morgan fingerprint density at radius 2 is 2.19 bits per heavy atom. The summed E-state index contributed by atoms with van der Waals surface area (Å²) in [7, 11) is 0. The van der Waals surface area contributed by atoms with E-state index < -0.39 is 0 Å². The van der Waals surface area contributed by atoms with Crippen LogP contribution < -0.4 is 5.73 Å². The Balaban J connectivity index is 2.78. The number of nitrogens with zero attached hydrogens (tertiary/aromatic N) is 3. The Bertz CT molecular complexity index is 557. The maximum atomic E-state index is 10.9. The number of carbonyl (C=O) groups excluding carboxylic acids is 1. The molecule has 2 N–H and O–H groups in total. The highest BCUT2D eigenvalue weighted by Gasteiger charge is 2.13. The molecule has 0 bridgehead atoms. The highest BCUT2D eigenvalue weighted by molar-refractivity contribution is 5.84. The molecular weight excluding hydrogens is 204 g/mol. The maximum Gasteiger partial charge on any atom is 0.157 e. The number of aromatic nitrogens is 3. The number of aldehydes is 1. The first-order chi connectivity index (χ1) is 7.54. The normalized spacial score (nSPS) is 11.2. The molecule has 0 atom stereocenters. The molecule has 0 aromatic carbocycles. The summed E-state index contributed by atoms with van der Waals surface area (Å²) < 4.78 is 1.52. The lowest BCUT2D eigenvalue weighted by molar-refractivity contribution is 0.112. The van der Waals surface area contributed by atoms with Gasteiger partial charge in [0.15, 0.2) is 11.9 Å². The van der Waals surface area contributed by atoms with Gasteiger partial charge in [0, 0.05) is 6.07 Å². The van der Waals surface area contributed by atoms with E-state index in [-0.39, 0.29) is 0 Å². The zero-order valence-electron chi connectivity index (χ0n) is 9.56. The summed E-state index contributed by atoms with van der Waals surface area (Å²) in [4.78, 5) is 15.2. The monoisotopic (exact) mass is 218 g/mol. The van der Waals surface area contributed by atoms with E-state index in [4.69, 9.17) is 5.73 Å². The molecule has 2 rings (SSSR count). The van der Waals surface area contributed by atoms with Crippen LogP contribution in [0.1, 0.15) is 41.5 Å². The molecule has 2 aromatic rings. The van der Waals surface area contributed by atoms with Crippen LogP contribution in [0.5, 0.6) is 0 Å². The lowest BCUT2D eigenvalue weighted by atomic mass is 10.1. The Morgan fingerprint density at radius 3 is 2.75 bits per heavy atom. The Morgan fingerprint density at radius 1 is 1.50 bits per heavy atom. The summed E-state index contributed by atoms with van der Waals surface area (Å²) in [5.41, 5.74) is 8.52. The minimum absolute atomic E-state index is 0.307. The van der Waals surface area contributed by atoms with Crippen molar-refractivity contribution in [1.29, 1.82) is 0 Å². The third kappa shape index (κ3) is 1.44. The number of hydrogen-bond donors (Lipinski definition) is 1. The van der Waals surface area contributed by atoms with Crippen LogP contribution >= 0.6 is 0 Å². The molecule has 0 amide bonds. The molecule has 5 nitrogen and oxygen atoms in total. The smallest absolute Gasteiger partial charge is 0.157 e. The van der Waals surface area contributed by atoms with Crippen molar-refractivity contribution in [2.24, 2.45) is 0 Å². The SMILES string of the molecule is Cc1nc2cc(C(C)C)nn2c(N)c1C=O. The first kappa shape index (κ1) is 10.6. The Hall–Kier alpha value is -1.91. The van der Waals surface area contributed by atoms with E-state index in [9.17, 15) is 4.79 Å². The number of carbonyl (C=O) groups is 1. The molecule has 0 aliphatic rings. The zero-order valence-corrected chi connectivity index (χ0v) is 9.56. The third-order valence-electron chi connectivity index (χ3n) is 2.60. The van der Waals surface area contributed by atoms with Crippen molar-refractivity contribution in [3.05, 3.63) is 23.0 Å². The molecule has 0 unspecified atom stereocenters. The van der Waals surface area contributed by atoms with Crippen LogP contribution in [0.25, 0.3) is 5.65 Å². The van der Waals surface area contributed by atoms with Crippen molar-refractivity contribution in [1.82, 2.24) is 14.6 Å². The minimum Gasteiger partial charge on any atom is -0.383 e. The number of nitrogens with two attached hydrogens (primary N) is 1. The molecule has 0 saturated carbocycles. The van der Waals surface area contributed by atoms with Crippen molar-refractivity contribution >= 4 is 17.8 Å². The Kier molecular flexibility index (Phi) is 2.38. The second kappa shape index (κ2) is 3.59. The van der Waals surface area contributed by atoms with Crippen LogP contribution in [-0.4, -0.2) is 20.9 Å².